The van der Waals surface area contributed by atoms with Crippen molar-refractivity contribution in [3.63, 3.8) is 0 Å². The Morgan fingerprint density at radius 2 is 2.15 bits per heavy atom. The maximum absolute atomic E-state index is 5.39. The van der Waals surface area contributed by atoms with Gasteiger partial charge >= 0.3 is 0 Å². The summed E-state index contributed by atoms with van der Waals surface area (Å²) in [7, 11) is 1.74. The summed E-state index contributed by atoms with van der Waals surface area (Å²) in [6.07, 6.45) is 2.97. The van der Waals surface area contributed by atoms with Crippen molar-refractivity contribution in [3.05, 3.63) is 11.6 Å². The third-order valence-corrected chi connectivity index (χ3v) is 2.12. The molecule has 0 saturated carbocycles. The van der Waals surface area contributed by atoms with E-state index < -0.39 is 0 Å². The molecule has 13 heavy (non-hydrogen) atoms. The summed E-state index contributed by atoms with van der Waals surface area (Å²) >= 11 is 5.39. The Morgan fingerprint density at radius 3 is 2.69 bits per heavy atom. The Bertz CT molecular complexity index is 146. The van der Waals surface area contributed by atoms with Gasteiger partial charge < -0.3 is 10.1 Å². The van der Waals surface area contributed by atoms with Crippen LogP contribution in [0.1, 0.15) is 20.3 Å². The third kappa shape index (κ3) is 8.28. The highest BCUT2D eigenvalue weighted by molar-refractivity contribution is 6.25. The van der Waals surface area contributed by atoms with Gasteiger partial charge in [0.1, 0.15) is 0 Å². The van der Waals surface area contributed by atoms with E-state index in [1.165, 1.54) is 5.54 Å². The van der Waals surface area contributed by atoms with E-state index in [2.05, 4.69) is 19.2 Å². The Balaban J connectivity index is 3.49. The maximum Gasteiger partial charge on any atom is 0.0467 e. The molecule has 0 aromatic heterocycles. The molecular formula is C10H20ClNO. The van der Waals surface area contributed by atoms with Crippen LogP contribution in [0, 0.1) is 5.41 Å². The molecule has 2 nitrogen and oxygen atoms in total. The molecule has 0 aliphatic rings. The fourth-order valence-corrected chi connectivity index (χ4v) is 1.09. The SMILES string of the molecule is COCCC(C)(C)CNC/C=C/Cl. The maximum atomic E-state index is 5.39. The lowest BCUT2D eigenvalue weighted by atomic mass is 9.90. The highest BCUT2D eigenvalue weighted by atomic mass is 35.5. The van der Waals surface area contributed by atoms with Crippen LogP contribution in [0.2, 0.25) is 0 Å². The van der Waals surface area contributed by atoms with Crippen molar-refractivity contribution in [1.82, 2.24) is 5.32 Å². The van der Waals surface area contributed by atoms with E-state index >= 15 is 0 Å². The first-order valence-corrected chi connectivity index (χ1v) is 5.01. The van der Waals surface area contributed by atoms with E-state index in [1.807, 2.05) is 6.08 Å². The normalized spacial score (nSPS) is 12.6. The second kappa shape index (κ2) is 7.36. The van der Waals surface area contributed by atoms with Crippen molar-refractivity contribution in [2.45, 2.75) is 20.3 Å². The molecule has 0 amide bonds. The molecule has 0 fully saturated rings. The van der Waals surface area contributed by atoms with Gasteiger partial charge in [-0.3, -0.25) is 0 Å². The zero-order valence-electron chi connectivity index (χ0n) is 8.77. The minimum atomic E-state index is 0.288. The summed E-state index contributed by atoms with van der Waals surface area (Å²) in [6.45, 7) is 7.09. The van der Waals surface area contributed by atoms with Crippen LogP contribution in [-0.4, -0.2) is 26.8 Å². The van der Waals surface area contributed by atoms with E-state index in [1.54, 1.807) is 7.11 Å². The zero-order valence-corrected chi connectivity index (χ0v) is 9.53. The largest absolute Gasteiger partial charge is 0.385 e. The summed E-state index contributed by atoms with van der Waals surface area (Å²) < 4.78 is 5.04. The lowest BCUT2D eigenvalue weighted by Gasteiger charge is -2.24. The zero-order chi connectivity index (χ0) is 10.2. The quantitative estimate of drug-likeness (QED) is 0.645. The topological polar surface area (TPSA) is 21.3 Å². The van der Waals surface area contributed by atoms with Crippen LogP contribution in [0.15, 0.2) is 11.6 Å². The summed E-state index contributed by atoms with van der Waals surface area (Å²) in [5.74, 6) is 0. The number of hydrogen-bond acceptors (Lipinski definition) is 2. The Kier molecular flexibility index (Phi) is 7.33. The number of rotatable bonds is 7. The van der Waals surface area contributed by atoms with E-state index in [0.29, 0.717) is 0 Å². The molecule has 0 rings (SSSR count). The smallest absolute Gasteiger partial charge is 0.0467 e. The van der Waals surface area contributed by atoms with Crippen molar-refractivity contribution in [2.24, 2.45) is 5.41 Å². The number of ether oxygens (including phenoxy) is 1. The summed E-state index contributed by atoms with van der Waals surface area (Å²) in [5, 5.41) is 3.31. The molecule has 0 bridgehead atoms. The standard InChI is InChI=1S/C10H20ClNO/c1-10(2,5-8-13-3)9-12-7-4-6-11/h4,6,12H,5,7-9H2,1-3H3/b6-4+. The molecule has 1 N–H and O–H groups in total. The number of hydrogen-bond donors (Lipinski definition) is 1. The molecule has 0 aromatic rings. The van der Waals surface area contributed by atoms with Gasteiger partial charge in [0.05, 0.1) is 0 Å². The molecule has 78 valence electrons. The van der Waals surface area contributed by atoms with Crippen LogP contribution in [0.5, 0.6) is 0 Å². The van der Waals surface area contributed by atoms with Gasteiger partial charge in [-0.1, -0.05) is 31.5 Å². The van der Waals surface area contributed by atoms with Gasteiger partial charge in [0.2, 0.25) is 0 Å². The van der Waals surface area contributed by atoms with Crippen LogP contribution in [0.3, 0.4) is 0 Å². The van der Waals surface area contributed by atoms with Crippen molar-refractivity contribution in [2.75, 3.05) is 26.8 Å². The molecule has 0 radical (unpaired) electrons. The van der Waals surface area contributed by atoms with E-state index in [9.17, 15) is 0 Å². The first kappa shape index (κ1) is 12.9. The van der Waals surface area contributed by atoms with Crippen LogP contribution < -0.4 is 5.32 Å². The van der Waals surface area contributed by atoms with Crippen molar-refractivity contribution in [3.8, 4) is 0 Å². The molecule has 0 heterocycles. The minimum absolute atomic E-state index is 0.288. The predicted molar refractivity (Wildman–Crippen MR) is 58.1 cm³/mol. The van der Waals surface area contributed by atoms with Gasteiger partial charge in [0.15, 0.2) is 0 Å². The average Bonchev–Trinajstić information content (AvgIpc) is 2.09. The van der Waals surface area contributed by atoms with Gasteiger partial charge in [0, 0.05) is 32.3 Å². The fraction of sp³-hybridized carbons (Fsp3) is 0.800. The molecule has 0 spiro atoms. The number of halogens is 1. The molecule has 0 aliphatic heterocycles. The third-order valence-electron chi connectivity index (χ3n) is 1.94. The van der Waals surface area contributed by atoms with E-state index in [-0.39, 0.29) is 5.41 Å². The first-order valence-electron chi connectivity index (χ1n) is 4.57. The lowest BCUT2D eigenvalue weighted by Crippen LogP contribution is -2.30. The molecule has 0 saturated heterocycles. The molecule has 0 aromatic carbocycles. The van der Waals surface area contributed by atoms with Crippen molar-refractivity contribution < 1.29 is 4.74 Å². The number of nitrogens with one attached hydrogen (secondary N) is 1. The first-order chi connectivity index (χ1) is 6.12. The average molecular weight is 206 g/mol. The van der Waals surface area contributed by atoms with Gasteiger partial charge in [0.25, 0.3) is 0 Å². The molecule has 0 unspecified atom stereocenters. The molecule has 0 aliphatic carbocycles. The van der Waals surface area contributed by atoms with Crippen molar-refractivity contribution in [1.29, 1.82) is 0 Å². The van der Waals surface area contributed by atoms with Crippen LogP contribution in [0.25, 0.3) is 0 Å². The predicted octanol–water partition coefficient (Wildman–Crippen LogP) is 2.39. The summed E-state index contributed by atoms with van der Waals surface area (Å²) in [4.78, 5) is 0. The van der Waals surface area contributed by atoms with Crippen LogP contribution in [-0.2, 0) is 4.74 Å². The Hall–Kier alpha value is -0.0500. The van der Waals surface area contributed by atoms with Gasteiger partial charge in [-0.15, -0.1) is 0 Å². The second-order valence-electron chi connectivity index (χ2n) is 3.90. The minimum Gasteiger partial charge on any atom is -0.385 e. The van der Waals surface area contributed by atoms with Crippen molar-refractivity contribution >= 4 is 11.6 Å². The molecule has 0 atom stereocenters. The highest BCUT2D eigenvalue weighted by Crippen LogP contribution is 2.18. The Labute approximate surface area is 86.3 Å². The highest BCUT2D eigenvalue weighted by Gasteiger charge is 2.16. The molecule has 3 heteroatoms. The van der Waals surface area contributed by atoms with Gasteiger partial charge in [-0.05, 0) is 11.8 Å². The van der Waals surface area contributed by atoms with Crippen LogP contribution in [0.4, 0.5) is 0 Å². The monoisotopic (exact) mass is 205 g/mol. The van der Waals surface area contributed by atoms with Crippen LogP contribution >= 0.6 is 11.6 Å². The lowest BCUT2D eigenvalue weighted by molar-refractivity contribution is 0.151. The van der Waals surface area contributed by atoms with Gasteiger partial charge in [-0.25, -0.2) is 0 Å². The Morgan fingerprint density at radius 1 is 1.46 bits per heavy atom. The molecular weight excluding hydrogens is 186 g/mol. The number of methoxy groups -OCH3 is 1. The second-order valence-corrected chi connectivity index (χ2v) is 4.15. The summed E-state index contributed by atoms with van der Waals surface area (Å²) in [6, 6.07) is 0. The fourth-order valence-electron chi connectivity index (χ4n) is 1.01. The van der Waals surface area contributed by atoms with E-state index in [4.69, 9.17) is 16.3 Å². The summed E-state index contributed by atoms with van der Waals surface area (Å²) in [5.41, 5.74) is 1.82. The van der Waals surface area contributed by atoms with Gasteiger partial charge in [-0.2, -0.15) is 0 Å². The van der Waals surface area contributed by atoms with E-state index in [0.717, 1.165) is 26.1 Å².